The Balaban J connectivity index is 1.61. The van der Waals surface area contributed by atoms with Gasteiger partial charge in [-0.05, 0) is 60.6 Å². The Bertz CT molecular complexity index is 1710. The zero-order valence-electron chi connectivity index (χ0n) is 18.8. The Labute approximate surface area is 200 Å². The molecule has 0 aliphatic heterocycles. The van der Waals surface area contributed by atoms with Crippen molar-refractivity contribution in [1.82, 2.24) is 18.7 Å². The van der Waals surface area contributed by atoms with Gasteiger partial charge in [0.15, 0.2) is 11.2 Å². The number of aromatic nitrogens is 3. The van der Waals surface area contributed by atoms with Gasteiger partial charge in [-0.2, -0.15) is 9.57 Å². The van der Waals surface area contributed by atoms with Gasteiger partial charge in [0, 0.05) is 13.1 Å². The lowest BCUT2D eigenvalue weighted by Crippen LogP contribution is -2.30. The van der Waals surface area contributed by atoms with Crippen LogP contribution < -0.4 is 0 Å². The number of fused-ring (bicyclic) bond motifs is 4. The standard InChI is InChI=1S/C24H21N5O3S2/c1-4-28(5-2)34(30,31)16-10-11-21-19(13-16)27-24(32-21)33-22-12-15(3)17(14-25)23-26-18-8-6-7-9-20(18)29(22)23/h6-13H,4-5H2,1-3H3. The highest BCUT2D eigenvalue weighted by Crippen LogP contribution is 2.35. The third-order valence-corrected chi connectivity index (χ3v) is 8.63. The molecule has 0 fully saturated rings. The van der Waals surface area contributed by atoms with Crippen molar-refractivity contribution in [2.75, 3.05) is 13.1 Å². The third-order valence-electron chi connectivity index (χ3n) is 5.73. The van der Waals surface area contributed by atoms with E-state index in [0.29, 0.717) is 40.6 Å². The second kappa shape index (κ2) is 8.43. The minimum atomic E-state index is -3.60. The molecule has 3 aromatic heterocycles. The van der Waals surface area contributed by atoms with Gasteiger partial charge in [-0.15, -0.1) is 0 Å². The zero-order chi connectivity index (χ0) is 24.0. The lowest BCUT2D eigenvalue weighted by atomic mass is 10.2. The van der Waals surface area contributed by atoms with Crippen LogP contribution in [0.15, 0.2) is 68.1 Å². The van der Waals surface area contributed by atoms with Crippen LogP contribution in [-0.4, -0.2) is 40.2 Å². The molecular weight excluding hydrogens is 470 g/mol. The van der Waals surface area contributed by atoms with Crippen molar-refractivity contribution in [3.63, 3.8) is 0 Å². The van der Waals surface area contributed by atoms with Gasteiger partial charge in [0.1, 0.15) is 11.6 Å². The second-order valence-corrected chi connectivity index (χ2v) is 10.6. The molecule has 0 spiro atoms. The van der Waals surface area contributed by atoms with Crippen LogP contribution in [-0.2, 0) is 10.0 Å². The highest BCUT2D eigenvalue weighted by molar-refractivity contribution is 7.99. The van der Waals surface area contributed by atoms with Crippen molar-refractivity contribution in [3.8, 4) is 6.07 Å². The van der Waals surface area contributed by atoms with Crippen LogP contribution in [0.3, 0.4) is 0 Å². The van der Waals surface area contributed by atoms with Crippen molar-refractivity contribution >= 4 is 49.6 Å². The number of imidazole rings is 1. The van der Waals surface area contributed by atoms with Gasteiger partial charge in [-0.25, -0.2) is 18.4 Å². The van der Waals surface area contributed by atoms with Gasteiger partial charge in [-0.1, -0.05) is 26.0 Å². The van der Waals surface area contributed by atoms with Crippen LogP contribution in [0.4, 0.5) is 0 Å². The van der Waals surface area contributed by atoms with Gasteiger partial charge in [0.05, 0.1) is 26.5 Å². The van der Waals surface area contributed by atoms with Crippen molar-refractivity contribution in [1.29, 1.82) is 5.26 Å². The number of rotatable bonds is 6. The first-order valence-electron chi connectivity index (χ1n) is 10.8. The monoisotopic (exact) mass is 491 g/mol. The number of hydrogen-bond acceptors (Lipinski definition) is 7. The Morgan fingerprint density at radius 2 is 1.85 bits per heavy atom. The summed E-state index contributed by atoms with van der Waals surface area (Å²) in [5, 5.41) is 10.9. The number of nitrogens with zero attached hydrogens (tertiary/aromatic N) is 5. The van der Waals surface area contributed by atoms with E-state index in [-0.39, 0.29) is 4.90 Å². The molecule has 0 aliphatic rings. The topological polar surface area (TPSA) is 104 Å². The predicted molar refractivity (Wildman–Crippen MR) is 130 cm³/mol. The summed E-state index contributed by atoms with van der Waals surface area (Å²) in [5.74, 6) is 0. The number of oxazole rings is 1. The van der Waals surface area contributed by atoms with Crippen molar-refractivity contribution in [2.24, 2.45) is 0 Å². The minimum absolute atomic E-state index is 0.186. The van der Waals surface area contributed by atoms with Crippen LogP contribution in [0.25, 0.3) is 27.8 Å². The molecule has 2 aromatic carbocycles. The Hall–Kier alpha value is -3.39. The first kappa shape index (κ1) is 22.4. The summed E-state index contributed by atoms with van der Waals surface area (Å²) in [6.45, 7) is 6.28. The summed E-state index contributed by atoms with van der Waals surface area (Å²) in [4.78, 5) is 9.40. The number of nitriles is 1. The first-order chi connectivity index (χ1) is 16.4. The van der Waals surface area contributed by atoms with Crippen molar-refractivity contribution < 1.29 is 12.8 Å². The number of hydrogen-bond donors (Lipinski definition) is 0. The van der Waals surface area contributed by atoms with Crippen LogP contribution in [0.2, 0.25) is 0 Å². The fourth-order valence-corrected chi connectivity index (χ4v) is 6.47. The molecule has 34 heavy (non-hydrogen) atoms. The molecule has 10 heteroatoms. The molecule has 0 amide bonds. The first-order valence-corrected chi connectivity index (χ1v) is 13.0. The fraction of sp³-hybridized carbons (Fsp3) is 0.208. The summed E-state index contributed by atoms with van der Waals surface area (Å²) in [5.41, 5.74) is 4.53. The van der Waals surface area contributed by atoms with E-state index >= 15 is 0 Å². The van der Waals surface area contributed by atoms with Crippen LogP contribution in [0, 0.1) is 18.3 Å². The number of pyridine rings is 1. The van der Waals surface area contributed by atoms with Gasteiger partial charge >= 0.3 is 0 Å². The van der Waals surface area contributed by atoms with E-state index in [9.17, 15) is 13.7 Å². The Morgan fingerprint density at radius 1 is 1.09 bits per heavy atom. The SMILES string of the molecule is CCN(CC)S(=O)(=O)c1ccc2oc(Sc3cc(C)c(C#N)c4nc5ccccc5n34)nc2c1. The van der Waals surface area contributed by atoms with E-state index in [1.807, 2.05) is 55.5 Å². The van der Waals surface area contributed by atoms with Gasteiger partial charge in [0.25, 0.3) is 5.22 Å². The summed E-state index contributed by atoms with van der Waals surface area (Å²) >= 11 is 1.30. The van der Waals surface area contributed by atoms with E-state index < -0.39 is 10.0 Å². The molecule has 172 valence electrons. The normalized spacial score (nSPS) is 12.2. The van der Waals surface area contributed by atoms with Crippen molar-refractivity contribution in [2.45, 2.75) is 35.9 Å². The summed E-state index contributed by atoms with van der Waals surface area (Å²) in [7, 11) is -3.60. The second-order valence-electron chi connectivity index (χ2n) is 7.71. The average Bonchev–Trinajstić information content (AvgIpc) is 3.40. The van der Waals surface area contributed by atoms with E-state index in [1.165, 1.54) is 16.1 Å². The van der Waals surface area contributed by atoms with Crippen molar-refractivity contribution in [3.05, 3.63) is 59.7 Å². The zero-order valence-corrected chi connectivity index (χ0v) is 20.4. The molecule has 8 nitrogen and oxygen atoms in total. The van der Waals surface area contributed by atoms with E-state index in [2.05, 4.69) is 16.0 Å². The largest absolute Gasteiger partial charge is 0.431 e. The quantitative estimate of drug-likeness (QED) is 0.329. The van der Waals surface area contributed by atoms with Crippen LogP contribution in [0.1, 0.15) is 25.0 Å². The minimum Gasteiger partial charge on any atom is -0.431 e. The molecule has 0 saturated carbocycles. The van der Waals surface area contributed by atoms with Gasteiger partial charge in [0.2, 0.25) is 10.0 Å². The molecule has 0 bridgehead atoms. The lowest BCUT2D eigenvalue weighted by Gasteiger charge is -2.18. The molecular formula is C24H21N5O3S2. The molecule has 0 N–H and O–H groups in total. The molecule has 5 rings (SSSR count). The summed E-state index contributed by atoms with van der Waals surface area (Å²) < 4.78 is 35.1. The summed E-state index contributed by atoms with van der Waals surface area (Å²) in [6, 6.07) is 16.6. The molecule has 0 aliphatic carbocycles. The number of sulfonamides is 1. The summed E-state index contributed by atoms with van der Waals surface area (Å²) in [6.07, 6.45) is 0. The molecule has 3 heterocycles. The molecule has 0 atom stereocenters. The smallest absolute Gasteiger partial charge is 0.263 e. The van der Waals surface area contributed by atoms with Crippen LogP contribution in [0.5, 0.6) is 0 Å². The van der Waals surface area contributed by atoms with E-state index in [0.717, 1.165) is 21.6 Å². The molecule has 0 radical (unpaired) electrons. The average molecular weight is 492 g/mol. The maximum absolute atomic E-state index is 12.9. The van der Waals surface area contributed by atoms with Gasteiger partial charge < -0.3 is 4.42 Å². The van der Waals surface area contributed by atoms with Crippen LogP contribution >= 0.6 is 11.8 Å². The molecule has 0 unspecified atom stereocenters. The predicted octanol–water partition coefficient (Wildman–Crippen LogP) is 4.99. The number of para-hydroxylation sites is 2. The maximum Gasteiger partial charge on any atom is 0.263 e. The van der Waals surface area contributed by atoms with Gasteiger partial charge in [-0.3, -0.25) is 4.40 Å². The number of benzene rings is 2. The maximum atomic E-state index is 12.9. The molecule has 5 aromatic rings. The lowest BCUT2D eigenvalue weighted by molar-refractivity contribution is 0.445. The Morgan fingerprint density at radius 3 is 2.59 bits per heavy atom. The van der Waals surface area contributed by atoms with E-state index in [4.69, 9.17) is 4.42 Å². The Kier molecular flexibility index (Phi) is 5.56. The van der Waals surface area contributed by atoms with E-state index in [1.54, 1.807) is 18.2 Å². The molecule has 0 saturated heterocycles. The third kappa shape index (κ3) is 3.53. The highest BCUT2D eigenvalue weighted by atomic mass is 32.2. The highest BCUT2D eigenvalue weighted by Gasteiger charge is 2.23. The fourth-order valence-electron chi connectivity index (χ4n) is 4.02. The number of aryl methyl sites for hydroxylation is 1.